The Hall–Kier alpha value is -4.44. The van der Waals surface area contributed by atoms with E-state index in [0.29, 0.717) is 33.7 Å². The van der Waals surface area contributed by atoms with Gasteiger partial charge in [-0.15, -0.1) is 0 Å². The smallest absolute Gasteiger partial charge is 0.300 e. The molecule has 6 nitrogen and oxygen atoms in total. The lowest BCUT2D eigenvalue weighted by Gasteiger charge is -2.25. The van der Waals surface area contributed by atoms with Gasteiger partial charge in [-0.25, -0.2) is 4.39 Å². The lowest BCUT2D eigenvalue weighted by Crippen LogP contribution is -2.29. The predicted molar refractivity (Wildman–Crippen MR) is 125 cm³/mol. The van der Waals surface area contributed by atoms with Crippen LogP contribution in [0.15, 0.2) is 66.2 Å². The predicted octanol–water partition coefficient (Wildman–Crippen LogP) is 4.95. The number of aliphatic hydroxyl groups is 1. The van der Waals surface area contributed by atoms with Crippen molar-refractivity contribution in [3.8, 4) is 11.8 Å². The van der Waals surface area contributed by atoms with Gasteiger partial charge in [0.25, 0.3) is 11.7 Å². The Bertz CT molecular complexity index is 1370. The van der Waals surface area contributed by atoms with E-state index in [2.05, 4.69) is 0 Å². The average Bonchev–Trinajstić information content (AvgIpc) is 3.10. The Labute approximate surface area is 196 Å². The molecule has 3 aromatic carbocycles. The van der Waals surface area contributed by atoms with Gasteiger partial charge in [-0.3, -0.25) is 14.5 Å². The van der Waals surface area contributed by atoms with E-state index < -0.39 is 23.5 Å². The summed E-state index contributed by atoms with van der Waals surface area (Å²) in [5, 5.41) is 20.4. The highest BCUT2D eigenvalue weighted by molar-refractivity contribution is 6.51. The lowest BCUT2D eigenvalue weighted by molar-refractivity contribution is -0.132. The number of hydrogen-bond acceptors (Lipinski definition) is 5. The zero-order valence-electron chi connectivity index (χ0n) is 18.8. The maximum absolute atomic E-state index is 13.7. The zero-order chi connectivity index (χ0) is 24.6. The van der Waals surface area contributed by atoms with Crippen LogP contribution in [0.2, 0.25) is 0 Å². The maximum Gasteiger partial charge on any atom is 0.300 e. The first-order chi connectivity index (χ1) is 16.3. The Morgan fingerprint density at radius 1 is 1.03 bits per heavy atom. The van der Waals surface area contributed by atoms with Crippen LogP contribution in [0.4, 0.5) is 10.1 Å². The third-order valence-corrected chi connectivity index (χ3v) is 5.90. The Kier molecular flexibility index (Phi) is 5.91. The van der Waals surface area contributed by atoms with E-state index in [1.807, 2.05) is 13.0 Å². The van der Waals surface area contributed by atoms with E-state index in [9.17, 15) is 19.1 Å². The second-order valence-corrected chi connectivity index (χ2v) is 8.02. The zero-order valence-corrected chi connectivity index (χ0v) is 18.8. The molecule has 0 aromatic heterocycles. The SMILES string of the molecule is COc1cc(C)c(/C(O)=C2\C(=O)C(=O)N(c3ccc(C#N)cc3)C2c2ccc(F)cc2)cc1C. The molecule has 0 spiro atoms. The van der Waals surface area contributed by atoms with Crippen molar-refractivity contribution in [2.75, 3.05) is 12.0 Å². The molecule has 1 amide bonds. The lowest BCUT2D eigenvalue weighted by atomic mass is 9.93. The van der Waals surface area contributed by atoms with Crippen LogP contribution in [-0.2, 0) is 9.59 Å². The summed E-state index contributed by atoms with van der Waals surface area (Å²) in [4.78, 5) is 27.7. The quantitative estimate of drug-likeness (QED) is 0.341. The highest BCUT2D eigenvalue weighted by atomic mass is 19.1. The van der Waals surface area contributed by atoms with Crippen molar-refractivity contribution in [1.29, 1.82) is 5.26 Å². The number of ether oxygens (including phenoxy) is 1. The highest BCUT2D eigenvalue weighted by Crippen LogP contribution is 2.43. The van der Waals surface area contributed by atoms with E-state index in [-0.39, 0.29) is 11.3 Å². The van der Waals surface area contributed by atoms with Crippen LogP contribution in [0.25, 0.3) is 5.76 Å². The number of methoxy groups -OCH3 is 1. The van der Waals surface area contributed by atoms with Gasteiger partial charge >= 0.3 is 0 Å². The summed E-state index contributed by atoms with van der Waals surface area (Å²) in [6.45, 7) is 3.57. The van der Waals surface area contributed by atoms with Gasteiger partial charge in [0, 0.05) is 11.3 Å². The van der Waals surface area contributed by atoms with E-state index >= 15 is 0 Å². The number of anilines is 1. The fraction of sp³-hybridized carbons (Fsp3) is 0.148. The van der Waals surface area contributed by atoms with Gasteiger partial charge in [0.15, 0.2) is 0 Å². The van der Waals surface area contributed by atoms with Gasteiger partial charge in [-0.1, -0.05) is 12.1 Å². The van der Waals surface area contributed by atoms with E-state index in [1.165, 1.54) is 41.3 Å². The molecular weight excluding hydrogens is 435 g/mol. The Balaban J connectivity index is 1.96. The first kappa shape index (κ1) is 22.7. The van der Waals surface area contributed by atoms with Gasteiger partial charge in [-0.05, 0) is 79.1 Å². The monoisotopic (exact) mass is 456 g/mol. The molecule has 1 aliphatic rings. The van der Waals surface area contributed by atoms with E-state index in [1.54, 1.807) is 38.3 Å². The fourth-order valence-electron chi connectivity index (χ4n) is 4.17. The summed E-state index contributed by atoms with van der Waals surface area (Å²) in [5.74, 6) is -1.86. The highest BCUT2D eigenvalue weighted by Gasteiger charge is 2.47. The molecule has 170 valence electrons. The fourth-order valence-corrected chi connectivity index (χ4v) is 4.17. The standard InChI is InChI=1S/C27H21FN2O4/c1-15-13-22(34-3)16(2)12-21(15)25(31)23-24(18-6-8-19(28)9-7-18)30(27(33)26(23)32)20-10-4-17(14-29)5-11-20/h4-13,24,31H,1-3H3/b25-23+. The normalized spacial score (nSPS) is 17.0. The van der Waals surface area contributed by atoms with Crippen molar-refractivity contribution in [1.82, 2.24) is 0 Å². The number of aryl methyl sites for hydroxylation is 2. The molecule has 0 saturated carbocycles. The molecule has 0 bridgehead atoms. The molecule has 1 fully saturated rings. The molecule has 0 radical (unpaired) electrons. The number of carbonyl (C=O) groups excluding carboxylic acids is 2. The number of amides is 1. The van der Waals surface area contributed by atoms with Crippen molar-refractivity contribution >= 4 is 23.1 Å². The first-order valence-corrected chi connectivity index (χ1v) is 10.5. The van der Waals surface area contributed by atoms with Gasteiger partial charge in [0.05, 0.1) is 30.4 Å². The molecule has 1 atom stereocenters. The number of hydrogen-bond donors (Lipinski definition) is 1. The number of ketones is 1. The number of nitriles is 1. The van der Waals surface area contributed by atoms with Crippen molar-refractivity contribution < 1.29 is 23.8 Å². The molecule has 1 N–H and O–H groups in total. The van der Waals surface area contributed by atoms with Crippen LogP contribution >= 0.6 is 0 Å². The number of nitrogens with zero attached hydrogens (tertiary/aromatic N) is 2. The molecule has 0 aliphatic carbocycles. The second-order valence-electron chi connectivity index (χ2n) is 8.02. The molecule has 34 heavy (non-hydrogen) atoms. The number of halogens is 1. The third kappa shape index (κ3) is 3.80. The van der Waals surface area contributed by atoms with Crippen molar-refractivity contribution in [3.63, 3.8) is 0 Å². The van der Waals surface area contributed by atoms with Gasteiger partial charge < -0.3 is 9.84 Å². The molecule has 1 saturated heterocycles. The van der Waals surface area contributed by atoms with Crippen LogP contribution in [-0.4, -0.2) is 23.9 Å². The topological polar surface area (TPSA) is 90.6 Å². The maximum atomic E-state index is 13.7. The van der Waals surface area contributed by atoms with Crippen LogP contribution in [0.3, 0.4) is 0 Å². The summed E-state index contributed by atoms with van der Waals surface area (Å²) in [6, 6.07) is 16.1. The minimum Gasteiger partial charge on any atom is -0.507 e. The van der Waals surface area contributed by atoms with Crippen LogP contribution < -0.4 is 9.64 Å². The second kappa shape index (κ2) is 8.83. The summed E-state index contributed by atoms with van der Waals surface area (Å²) in [5.41, 5.74) is 2.91. The van der Waals surface area contributed by atoms with Crippen molar-refractivity contribution in [2.45, 2.75) is 19.9 Å². The summed E-state index contributed by atoms with van der Waals surface area (Å²) in [7, 11) is 1.54. The van der Waals surface area contributed by atoms with Crippen LogP contribution in [0.5, 0.6) is 5.75 Å². The number of rotatable bonds is 4. The molecule has 1 aliphatic heterocycles. The Morgan fingerprint density at radius 3 is 2.26 bits per heavy atom. The summed E-state index contributed by atoms with van der Waals surface area (Å²) >= 11 is 0. The largest absolute Gasteiger partial charge is 0.507 e. The first-order valence-electron chi connectivity index (χ1n) is 10.5. The number of aliphatic hydroxyl groups excluding tert-OH is 1. The van der Waals surface area contributed by atoms with E-state index in [4.69, 9.17) is 10.00 Å². The van der Waals surface area contributed by atoms with Crippen molar-refractivity contribution in [3.05, 3.63) is 99.9 Å². The van der Waals surface area contributed by atoms with Gasteiger partial charge in [-0.2, -0.15) is 5.26 Å². The molecule has 1 unspecified atom stereocenters. The third-order valence-electron chi connectivity index (χ3n) is 5.90. The van der Waals surface area contributed by atoms with Crippen LogP contribution in [0.1, 0.15) is 33.9 Å². The molecule has 1 heterocycles. The number of benzene rings is 3. The Morgan fingerprint density at radius 2 is 1.68 bits per heavy atom. The average molecular weight is 456 g/mol. The van der Waals surface area contributed by atoms with Crippen molar-refractivity contribution in [2.24, 2.45) is 0 Å². The summed E-state index contributed by atoms with van der Waals surface area (Å²) in [6.07, 6.45) is 0. The molecular formula is C27H21FN2O4. The molecule has 7 heteroatoms. The number of Topliss-reactive ketones (excluding diaryl/α,β-unsaturated/α-hetero) is 1. The molecule has 4 rings (SSSR count). The van der Waals surface area contributed by atoms with Crippen LogP contribution in [0, 0.1) is 31.0 Å². The minimum absolute atomic E-state index is 0.103. The number of carbonyl (C=O) groups is 2. The summed E-state index contributed by atoms with van der Waals surface area (Å²) < 4.78 is 19.0. The van der Waals surface area contributed by atoms with E-state index in [0.717, 1.165) is 5.56 Å². The minimum atomic E-state index is -0.990. The van der Waals surface area contributed by atoms with Gasteiger partial charge in [0.1, 0.15) is 17.3 Å². The van der Waals surface area contributed by atoms with Gasteiger partial charge in [0.2, 0.25) is 0 Å². The molecule has 3 aromatic rings.